The molecule has 0 atom stereocenters. The molecule has 2 N–H and O–H groups in total. The van der Waals surface area contributed by atoms with Crippen LogP contribution in [0.4, 0.5) is 0 Å². The summed E-state index contributed by atoms with van der Waals surface area (Å²) in [5.74, 6) is 1.38. The molecule has 2 aromatic carbocycles. The fourth-order valence-electron chi connectivity index (χ4n) is 3.99. The van der Waals surface area contributed by atoms with E-state index in [0.717, 1.165) is 49.8 Å². The van der Waals surface area contributed by atoms with Gasteiger partial charge in [-0.05, 0) is 37.5 Å². The van der Waals surface area contributed by atoms with Crippen molar-refractivity contribution >= 4 is 5.96 Å². The fourth-order valence-corrected chi connectivity index (χ4v) is 3.99. The van der Waals surface area contributed by atoms with Gasteiger partial charge in [0, 0.05) is 37.8 Å². The van der Waals surface area contributed by atoms with Gasteiger partial charge in [0.15, 0.2) is 5.96 Å². The Morgan fingerprint density at radius 3 is 2.48 bits per heavy atom. The molecular weight excluding hydrogens is 388 g/mol. The third kappa shape index (κ3) is 5.14. The Labute approximate surface area is 183 Å². The van der Waals surface area contributed by atoms with Gasteiger partial charge < -0.3 is 19.8 Å². The van der Waals surface area contributed by atoms with E-state index in [1.807, 2.05) is 12.1 Å². The van der Waals surface area contributed by atoms with Gasteiger partial charge in [-0.3, -0.25) is 4.99 Å². The number of oxazole rings is 1. The molecule has 2 heterocycles. The summed E-state index contributed by atoms with van der Waals surface area (Å²) in [6.45, 7) is 4.96. The summed E-state index contributed by atoms with van der Waals surface area (Å²) >= 11 is 0. The largest absolute Gasteiger partial charge is 0.444 e. The molecule has 0 spiro atoms. The predicted molar refractivity (Wildman–Crippen MR) is 123 cm³/mol. The molecule has 6 nitrogen and oxygen atoms in total. The van der Waals surface area contributed by atoms with Gasteiger partial charge in [0.05, 0.1) is 12.2 Å². The van der Waals surface area contributed by atoms with Crippen LogP contribution in [-0.4, -0.2) is 37.7 Å². The van der Waals surface area contributed by atoms with Crippen LogP contribution >= 0.6 is 0 Å². The van der Waals surface area contributed by atoms with Gasteiger partial charge in [-0.2, -0.15) is 0 Å². The Kier molecular flexibility index (Phi) is 6.67. The number of nitrogens with one attached hydrogen (secondary N) is 2. The monoisotopic (exact) mass is 418 g/mol. The smallest absolute Gasteiger partial charge is 0.226 e. The van der Waals surface area contributed by atoms with E-state index >= 15 is 0 Å². The van der Waals surface area contributed by atoms with Crippen LogP contribution in [0.25, 0.3) is 11.5 Å². The number of aryl methyl sites for hydroxylation is 1. The van der Waals surface area contributed by atoms with Gasteiger partial charge in [0.25, 0.3) is 0 Å². The summed E-state index contributed by atoms with van der Waals surface area (Å²) in [5, 5.41) is 6.87. The Hall–Kier alpha value is -3.12. The first kappa shape index (κ1) is 21.1. The van der Waals surface area contributed by atoms with Gasteiger partial charge >= 0.3 is 0 Å². The van der Waals surface area contributed by atoms with Crippen molar-refractivity contribution in [2.45, 2.75) is 31.7 Å². The molecule has 0 aliphatic carbocycles. The van der Waals surface area contributed by atoms with E-state index in [-0.39, 0.29) is 5.41 Å². The van der Waals surface area contributed by atoms with Gasteiger partial charge in [0.1, 0.15) is 6.26 Å². The van der Waals surface area contributed by atoms with Crippen LogP contribution < -0.4 is 10.6 Å². The molecule has 0 radical (unpaired) electrons. The van der Waals surface area contributed by atoms with E-state index in [0.29, 0.717) is 12.4 Å². The van der Waals surface area contributed by atoms with E-state index in [9.17, 15) is 0 Å². The molecule has 6 heteroatoms. The molecule has 1 saturated heterocycles. The molecule has 1 fully saturated rings. The predicted octanol–water partition coefficient (Wildman–Crippen LogP) is 4.06. The summed E-state index contributed by atoms with van der Waals surface area (Å²) in [4.78, 5) is 8.99. The molecular formula is C25H30N4O2. The Morgan fingerprint density at radius 2 is 1.77 bits per heavy atom. The Morgan fingerprint density at radius 1 is 1.03 bits per heavy atom. The lowest BCUT2D eigenvalue weighted by Gasteiger charge is -2.38. The fraction of sp³-hybridized carbons (Fsp3) is 0.360. The van der Waals surface area contributed by atoms with Crippen molar-refractivity contribution in [2.75, 3.05) is 26.8 Å². The molecule has 1 aliphatic heterocycles. The number of aliphatic imine (C=N–C) groups is 1. The lowest BCUT2D eigenvalue weighted by molar-refractivity contribution is 0.0514. The number of aromatic nitrogens is 1. The molecule has 0 bridgehead atoms. The summed E-state index contributed by atoms with van der Waals surface area (Å²) in [5.41, 5.74) is 4.42. The number of hydrogen-bond donors (Lipinski definition) is 2. The highest BCUT2D eigenvalue weighted by molar-refractivity contribution is 5.79. The number of ether oxygens (including phenoxy) is 1. The first-order chi connectivity index (χ1) is 15.2. The summed E-state index contributed by atoms with van der Waals surface area (Å²) in [6, 6.07) is 18.9. The number of guanidine groups is 1. The highest BCUT2D eigenvalue weighted by atomic mass is 16.5. The maximum absolute atomic E-state index is 5.66. The Balaban J connectivity index is 1.37. The number of benzene rings is 2. The zero-order chi connectivity index (χ0) is 21.5. The summed E-state index contributed by atoms with van der Waals surface area (Å²) in [6.07, 6.45) is 3.67. The lowest BCUT2D eigenvalue weighted by Crippen LogP contribution is -2.47. The first-order valence-corrected chi connectivity index (χ1v) is 10.8. The van der Waals surface area contributed by atoms with Crippen LogP contribution in [0, 0.1) is 6.92 Å². The van der Waals surface area contributed by atoms with Crippen molar-refractivity contribution in [1.82, 2.24) is 15.6 Å². The average molecular weight is 419 g/mol. The first-order valence-electron chi connectivity index (χ1n) is 10.8. The maximum Gasteiger partial charge on any atom is 0.226 e. The molecule has 0 unspecified atom stereocenters. The normalized spacial score (nSPS) is 16.1. The summed E-state index contributed by atoms with van der Waals surface area (Å²) in [7, 11) is 1.79. The van der Waals surface area contributed by atoms with Gasteiger partial charge in [-0.25, -0.2) is 4.98 Å². The maximum atomic E-state index is 5.66. The molecule has 4 rings (SSSR count). The van der Waals surface area contributed by atoms with Crippen LogP contribution in [-0.2, 0) is 16.7 Å². The van der Waals surface area contributed by atoms with E-state index < -0.39 is 0 Å². The van der Waals surface area contributed by atoms with E-state index in [4.69, 9.17) is 9.15 Å². The van der Waals surface area contributed by atoms with Crippen LogP contribution in [0.2, 0.25) is 0 Å². The van der Waals surface area contributed by atoms with Gasteiger partial charge in [-0.1, -0.05) is 48.0 Å². The number of nitrogens with zero attached hydrogens (tertiary/aromatic N) is 2. The second kappa shape index (κ2) is 9.79. The van der Waals surface area contributed by atoms with E-state index in [1.54, 1.807) is 13.3 Å². The van der Waals surface area contributed by atoms with Crippen LogP contribution in [0.5, 0.6) is 0 Å². The van der Waals surface area contributed by atoms with Crippen molar-refractivity contribution in [1.29, 1.82) is 0 Å². The van der Waals surface area contributed by atoms with Gasteiger partial charge in [-0.15, -0.1) is 0 Å². The molecule has 0 saturated carbocycles. The zero-order valence-electron chi connectivity index (χ0n) is 18.2. The van der Waals surface area contributed by atoms with Crippen molar-refractivity contribution in [3.63, 3.8) is 0 Å². The van der Waals surface area contributed by atoms with Crippen molar-refractivity contribution < 1.29 is 9.15 Å². The highest BCUT2D eigenvalue weighted by Gasteiger charge is 2.34. The SMILES string of the molecule is CN=C(NCc1coc(-c2ccc(C)cc2)n1)NCC1(c2ccccc2)CCOCC1. The van der Waals surface area contributed by atoms with E-state index in [1.165, 1.54) is 11.1 Å². The average Bonchev–Trinajstić information content (AvgIpc) is 3.30. The van der Waals surface area contributed by atoms with Crippen LogP contribution in [0.15, 0.2) is 70.3 Å². The third-order valence-electron chi connectivity index (χ3n) is 5.94. The second-order valence-electron chi connectivity index (χ2n) is 8.05. The number of hydrogen-bond acceptors (Lipinski definition) is 4. The minimum absolute atomic E-state index is 0.0453. The van der Waals surface area contributed by atoms with Crippen molar-refractivity contribution in [3.05, 3.63) is 77.7 Å². The molecule has 0 amide bonds. The lowest BCUT2D eigenvalue weighted by atomic mass is 9.74. The van der Waals surface area contributed by atoms with Crippen molar-refractivity contribution in [2.24, 2.45) is 4.99 Å². The Bertz CT molecular complexity index is 990. The molecule has 1 aliphatic rings. The minimum atomic E-state index is 0.0453. The zero-order valence-corrected chi connectivity index (χ0v) is 18.2. The van der Waals surface area contributed by atoms with Crippen LogP contribution in [0.3, 0.4) is 0 Å². The molecule has 162 valence electrons. The van der Waals surface area contributed by atoms with Gasteiger partial charge in [0.2, 0.25) is 5.89 Å². The highest BCUT2D eigenvalue weighted by Crippen LogP contribution is 2.34. The quantitative estimate of drug-likeness (QED) is 0.467. The van der Waals surface area contributed by atoms with Crippen molar-refractivity contribution in [3.8, 4) is 11.5 Å². The molecule has 1 aromatic heterocycles. The molecule has 31 heavy (non-hydrogen) atoms. The standard InChI is InChI=1S/C25H30N4O2/c1-19-8-10-20(11-9-19)23-29-22(17-31-23)16-27-24(26-2)28-18-25(12-14-30-15-13-25)21-6-4-3-5-7-21/h3-11,17H,12-16,18H2,1-2H3,(H2,26,27,28). The minimum Gasteiger partial charge on any atom is -0.444 e. The topological polar surface area (TPSA) is 71.7 Å². The molecule has 3 aromatic rings. The number of rotatable bonds is 6. The summed E-state index contributed by atoms with van der Waals surface area (Å²) < 4.78 is 11.3. The second-order valence-corrected chi connectivity index (χ2v) is 8.05. The van der Waals surface area contributed by atoms with E-state index in [2.05, 4.69) is 70.0 Å². The third-order valence-corrected chi connectivity index (χ3v) is 5.94. The van der Waals surface area contributed by atoms with Crippen LogP contribution in [0.1, 0.15) is 29.7 Å².